The van der Waals surface area contributed by atoms with Crippen LogP contribution in [0.4, 0.5) is 0 Å². The van der Waals surface area contributed by atoms with Gasteiger partial charge in [0.2, 0.25) is 5.91 Å². The Bertz CT molecular complexity index is 888. The summed E-state index contributed by atoms with van der Waals surface area (Å²) in [6, 6.07) is 7.44. The van der Waals surface area contributed by atoms with Crippen LogP contribution >= 0.6 is 0 Å². The molecule has 7 nitrogen and oxygen atoms in total. The van der Waals surface area contributed by atoms with Crippen LogP contribution < -0.4 is 0 Å². The molecule has 2 amide bonds. The van der Waals surface area contributed by atoms with E-state index >= 15 is 0 Å². The van der Waals surface area contributed by atoms with Crippen LogP contribution in [0.5, 0.6) is 0 Å². The Balaban J connectivity index is 1.52. The van der Waals surface area contributed by atoms with Crippen LogP contribution in [0.2, 0.25) is 0 Å². The Morgan fingerprint density at radius 2 is 1.75 bits per heavy atom. The van der Waals surface area contributed by atoms with Gasteiger partial charge in [-0.05, 0) is 30.5 Å². The molecule has 0 saturated carbocycles. The minimum Gasteiger partial charge on any atom is -0.389 e. The second kappa shape index (κ2) is 7.31. The molecule has 2 atom stereocenters. The van der Waals surface area contributed by atoms with Crippen LogP contribution in [0.25, 0.3) is 11.1 Å². The van der Waals surface area contributed by atoms with E-state index in [2.05, 4.69) is 9.97 Å². The fourth-order valence-corrected chi connectivity index (χ4v) is 4.24. The van der Waals surface area contributed by atoms with Gasteiger partial charge in [0.25, 0.3) is 5.91 Å². The lowest BCUT2D eigenvalue weighted by molar-refractivity contribution is -0.143. The molecule has 1 aromatic carbocycles. The number of piperidine rings is 2. The molecule has 2 fully saturated rings. The van der Waals surface area contributed by atoms with E-state index in [9.17, 15) is 14.7 Å². The molecule has 0 spiro atoms. The summed E-state index contributed by atoms with van der Waals surface area (Å²) in [5.74, 6) is -0.155. The molecule has 4 rings (SSSR count). The standard InChI is InChI=1S/C21H24N4O3/c1-15(26)24-7-5-21(28)6-8-25(13-19(21)12-24)20(27)17-4-2-3-16(9-17)18-10-22-14-23-11-18/h2-4,9-11,14,19,28H,5-8,12-13H2,1H3/t19-,21-/m0/s1. The Kier molecular flexibility index (Phi) is 4.85. The number of carbonyl (C=O) groups is 2. The number of amides is 2. The molecule has 1 aromatic heterocycles. The second-order valence-electron chi connectivity index (χ2n) is 7.72. The van der Waals surface area contributed by atoms with Gasteiger partial charge in [-0.25, -0.2) is 9.97 Å². The first-order valence-corrected chi connectivity index (χ1v) is 9.59. The molecular weight excluding hydrogens is 356 g/mol. The van der Waals surface area contributed by atoms with Crippen molar-refractivity contribution >= 4 is 11.8 Å². The van der Waals surface area contributed by atoms with E-state index < -0.39 is 5.60 Å². The number of carbonyl (C=O) groups excluding carboxylic acids is 2. The van der Waals surface area contributed by atoms with Crippen molar-refractivity contribution in [1.29, 1.82) is 0 Å². The number of likely N-dealkylation sites (tertiary alicyclic amines) is 2. The lowest BCUT2D eigenvalue weighted by Crippen LogP contribution is -2.61. The Labute approximate surface area is 164 Å². The summed E-state index contributed by atoms with van der Waals surface area (Å²) in [6.45, 7) is 3.60. The van der Waals surface area contributed by atoms with Gasteiger partial charge in [-0.2, -0.15) is 0 Å². The summed E-state index contributed by atoms with van der Waals surface area (Å²) in [5.41, 5.74) is 1.56. The molecular formula is C21H24N4O3. The molecule has 1 N–H and O–H groups in total. The summed E-state index contributed by atoms with van der Waals surface area (Å²) in [5, 5.41) is 11.0. The van der Waals surface area contributed by atoms with Gasteiger partial charge >= 0.3 is 0 Å². The normalized spacial score (nSPS) is 24.6. The fourth-order valence-electron chi connectivity index (χ4n) is 4.24. The van der Waals surface area contributed by atoms with Gasteiger partial charge < -0.3 is 14.9 Å². The third kappa shape index (κ3) is 3.49. The molecule has 7 heteroatoms. The van der Waals surface area contributed by atoms with Crippen LogP contribution in [0.15, 0.2) is 43.0 Å². The number of hydrogen-bond acceptors (Lipinski definition) is 5. The highest BCUT2D eigenvalue weighted by Crippen LogP contribution is 2.36. The average Bonchev–Trinajstić information content (AvgIpc) is 2.73. The molecule has 0 aliphatic carbocycles. The van der Waals surface area contributed by atoms with Crippen LogP contribution in [-0.2, 0) is 4.79 Å². The number of hydrogen-bond donors (Lipinski definition) is 1. The van der Waals surface area contributed by atoms with Crippen molar-refractivity contribution < 1.29 is 14.7 Å². The number of aromatic nitrogens is 2. The third-order valence-corrected chi connectivity index (χ3v) is 6.01. The Morgan fingerprint density at radius 3 is 2.46 bits per heavy atom. The van der Waals surface area contributed by atoms with Gasteiger partial charge in [0.05, 0.1) is 5.60 Å². The van der Waals surface area contributed by atoms with Crippen molar-refractivity contribution in [3.05, 3.63) is 48.5 Å². The SMILES string of the molecule is CC(=O)N1CC[C@]2(O)CCN(C(=O)c3cccc(-c4cncnc4)c3)C[C@@H]2C1. The number of fused-ring (bicyclic) bond motifs is 1. The molecule has 3 heterocycles. The highest BCUT2D eigenvalue weighted by Gasteiger charge is 2.46. The topological polar surface area (TPSA) is 86.6 Å². The first-order chi connectivity index (χ1) is 13.5. The zero-order valence-corrected chi connectivity index (χ0v) is 15.9. The molecule has 0 radical (unpaired) electrons. The van der Waals surface area contributed by atoms with Crippen molar-refractivity contribution in [2.75, 3.05) is 26.2 Å². The minimum absolute atomic E-state index is 0.0169. The number of benzene rings is 1. The Morgan fingerprint density at radius 1 is 1.07 bits per heavy atom. The van der Waals surface area contributed by atoms with Gasteiger partial charge in [0, 0.05) is 62.5 Å². The van der Waals surface area contributed by atoms with E-state index in [0.717, 1.165) is 11.1 Å². The quantitative estimate of drug-likeness (QED) is 0.855. The highest BCUT2D eigenvalue weighted by atomic mass is 16.3. The van der Waals surface area contributed by atoms with Gasteiger partial charge in [0.15, 0.2) is 0 Å². The van der Waals surface area contributed by atoms with E-state index in [1.807, 2.05) is 18.2 Å². The highest BCUT2D eigenvalue weighted by molar-refractivity contribution is 5.95. The summed E-state index contributed by atoms with van der Waals surface area (Å²) in [7, 11) is 0. The van der Waals surface area contributed by atoms with Crippen molar-refractivity contribution in [2.24, 2.45) is 5.92 Å². The summed E-state index contributed by atoms with van der Waals surface area (Å²) < 4.78 is 0. The molecule has 0 unspecified atom stereocenters. The third-order valence-electron chi connectivity index (χ3n) is 6.01. The summed E-state index contributed by atoms with van der Waals surface area (Å²) in [6.07, 6.45) is 6.03. The van der Waals surface area contributed by atoms with Crippen molar-refractivity contribution in [2.45, 2.75) is 25.4 Å². The van der Waals surface area contributed by atoms with Crippen LogP contribution in [-0.4, -0.2) is 68.5 Å². The van der Waals surface area contributed by atoms with Gasteiger partial charge in [-0.3, -0.25) is 9.59 Å². The molecule has 28 heavy (non-hydrogen) atoms. The molecule has 0 bridgehead atoms. The zero-order valence-electron chi connectivity index (χ0n) is 15.9. The van der Waals surface area contributed by atoms with Crippen LogP contribution in [0, 0.1) is 5.92 Å². The van der Waals surface area contributed by atoms with Crippen molar-refractivity contribution in [3.63, 3.8) is 0 Å². The smallest absolute Gasteiger partial charge is 0.253 e. The first-order valence-electron chi connectivity index (χ1n) is 9.59. The van der Waals surface area contributed by atoms with Crippen molar-refractivity contribution in [1.82, 2.24) is 19.8 Å². The Hall–Kier alpha value is -2.80. The molecule has 2 aliphatic heterocycles. The maximum Gasteiger partial charge on any atom is 0.253 e. The van der Waals surface area contributed by atoms with Crippen LogP contribution in [0.1, 0.15) is 30.1 Å². The van der Waals surface area contributed by atoms with E-state index in [-0.39, 0.29) is 17.7 Å². The minimum atomic E-state index is -0.786. The maximum absolute atomic E-state index is 13.1. The van der Waals surface area contributed by atoms with Gasteiger partial charge in [-0.1, -0.05) is 12.1 Å². The average molecular weight is 380 g/mol. The lowest BCUT2D eigenvalue weighted by atomic mass is 9.75. The number of nitrogens with zero attached hydrogens (tertiary/aromatic N) is 4. The molecule has 2 saturated heterocycles. The fraction of sp³-hybridized carbons (Fsp3) is 0.429. The second-order valence-corrected chi connectivity index (χ2v) is 7.72. The largest absolute Gasteiger partial charge is 0.389 e. The number of aliphatic hydroxyl groups is 1. The maximum atomic E-state index is 13.1. The first kappa shape index (κ1) is 18.6. The molecule has 2 aliphatic rings. The van der Waals surface area contributed by atoms with E-state index in [1.165, 1.54) is 6.33 Å². The summed E-state index contributed by atoms with van der Waals surface area (Å²) in [4.78, 5) is 36.5. The van der Waals surface area contributed by atoms with Gasteiger partial charge in [-0.15, -0.1) is 0 Å². The molecule has 2 aromatic rings. The van der Waals surface area contributed by atoms with Gasteiger partial charge in [0.1, 0.15) is 6.33 Å². The predicted octanol–water partition coefficient (Wildman–Crippen LogP) is 1.59. The summed E-state index contributed by atoms with van der Waals surface area (Å²) >= 11 is 0. The monoisotopic (exact) mass is 380 g/mol. The zero-order chi connectivity index (χ0) is 19.7. The van der Waals surface area contributed by atoms with Crippen molar-refractivity contribution in [3.8, 4) is 11.1 Å². The van der Waals surface area contributed by atoms with E-state index in [1.54, 1.807) is 35.2 Å². The lowest BCUT2D eigenvalue weighted by Gasteiger charge is -2.50. The van der Waals surface area contributed by atoms with Crippen LogP contribution in [0.3, 0.4) is 0 Å². The van der Waals surface area contributed by atoms with E-state index in [4.69, 9.17) is 0 Å². The van der Waals surface area contributed by atoms with E-state index in [0.29, 0.717) is 44.6 Å². The molecule has 146 valence electrons. The predicted molar refractivity (Wildman–Crippen MR) is 103 cm³/mol. The number of rotatable bonds is 2.